The fourth-order valence-corrected chi connectivity index (χ4v) is 1.90. The van der Waals surface area contributed by atoms with Gasteiger partial charge in [-0.25, -0.2) is 0 Å². The molecule has 19 heavy (non-hydrogen) atoms. The molecule has 1 aromatic carbocycles. The molecule has 0 aliphatic heterocycles. The van der Waals surface area contributed by atoms with Crippen LogP contribution in [0.5, 0.6) is 0 Å². The topological polar surface area (TPSA) is 114 Å². The zero-order chi connectivity index (χ0) is 13.7. The summed E-state index contributed by atoms with van der Waals surface area (Å²) in [7, 11) is 0. The maximum absolute atomic E-state index is 11.6. The van der Waals surface area contributed by atoms with Gasteiger partial charge in [0.15, 0.2) is 0 Å². The minimum absolute atomic E-state index is 0.167. The maximum Gasteiger partial charge on any atom is 0.248 e. The first-order valence-electron chi connectivity index (χ1n) is 5.33. The van der Waals surface area contributed by atoms with Crippen molar-refractivity contribution in [3.8, 4) is 0 Å². The van der Waals surface area contributed by atoms with Crippen molar-refractivity contribution in [1.29, 1.82) is 0 Å². The van der Waals surface area contributed by atoms with Gasteiger partial charge in [-0.1, -0.05) is 11.8 Å². The van der Waals surface area contributed by atoms with Gasteiger partial charge in [0.05, 0.1) is 11.9 Å². The molecule has 0 aliphatic rings. The molecular weight excluding hydrogens is 266 g/mol. The first-order chi connectivity index (χ1) is 9.15. The van der Waals surface area contributed by atoms with E-state index in [4.69, 9.17) is 5.73 Å². The molecule has 0 saturated heterocycles. The molecule has 0 spiro atoms. The van der Waals surface area contributed by atoms with Crippen LogP contribution in [-0.4, -0.2) is 33.0 Å². The van der Waals surface area contributed by atoms with Gasteiger partial charge in [0.2, 0.25) is 11.8 Å². The van der Waals surface area contributed by atoms with Crippen LogP contribution in [0.15, 0.2) is 35.5 Å². The predicted molar refractivity (Wildman–Crippen MR) is 70.7 cm³/mol. The molecular formula is C11H11N5O2S. The summed E-state index contributed by atoms with van der Waals surface area (Å²) in [5.74, 6) is -0.441. The molecule has 0 fully saturated rings. The van der Waals surface area contributed by atoms with Crippen molar-refractivity contribution in [3.63, 3.8) is 0 Å². The number of anilines is 1. The van der Waals surface area contributed by atoms with Crippen LogP contribution >= 0.6 is 11.8 Å². The number of aromatic nitrogens is 3. The number of amides is 2. The molecule has 7 nitrogen and oxygen atoms in total. The summed E-state index contributed by atoms with van der Waals surface area (Å²) in [6.45, 7) is 0. The summed E-state index contributed by atoms with van der Waals surface area (Å²) in [6, 6.07) is 6.36. The van der Waals surface area contributed by atoms with E-state index in [-0.39, 0.29) is 11.7 Å². The van der Waals surface area contributed by atoms with Gasteiger partial charge in [-0.3, -0.25) is 9.59 Å². The van der Waals surface area contributed by atoms with Gasteiger partial charge in [0, 0.05) is 11.3 Å². The van der Waals surface area contributed by atoms with Gasteiger partial charge < -0.3 is 11.1 Å². The van der Waals surface area contributed by atoms with Crippen molar-refractivity contribution in [3.05, 3.63) is 36.0 Å². The van der Waals surface area contributed by atoms with Gasteiger partial charge in [-0.15, -0.1) is 5.10 Å². The number of hydrogen-bond donors (Lipinski definition) is 3. The van der Waals surface area contributed by atoms with E-state index in [1.54, 1.807) is 30.5 Å². The molecule has 0 radical (unpaired) electrons. The summed E-state index contributed by atoms with van der Waals surface area (Å²) in [4.78, 5) is 22.5. The zero-order valence-corrected chi connectivity index (χ0v) is 10.6. The Morgan fingerprint density at radius 2 is 2.05 bits per heavy atom. The molecule has 1 aromatic heterocycles. The molecule has 2 amide bonds. The monoisotopic (exact) mass is 277 g/mol. The average molecular weight is 277 g/mol. The Hall–Kier alpha value is -2.35. The van der Waals surface area contributed by atoms with Crippen molar-refractivity contribution in [2.75, 3.05) is 11.1 Å². The largest absolute Gasteiger partial charge is 0.366 e. The first-order valence-corrected chi connectivity index (χ1v) is 6.32. The normalized spacial score (nSPS) is 10.1. The van der Waals surface area contributed by atoms with Crippen LogP contribution in [0.2, 0.25) is 0 Å². The zero-order valence-electron chi connectivity index (χ0n) is 9.79. The molecule has 2 rings (SSSR count). The Morgan fingerprint density at radius 3 is 2.63 bits per heavy atom. The summed E-state index contributed by atoms with van der Waals surface area (Å²) < 4.78 is 0. The smallest absolute Gasteiger partial charge is 0.248 e. The van der Waals surface area contributed by atoms with E-state index < -0.39 is 5.91 Å². The lowest BCUT2D eigenvalue weighted by Crippen LogP contribution is -2.15. The highest BCUT2D eigenvalue weighted by Crippen LogP contribution is 2.14. The number of thioether (sulfide) groups is 1. The van der Waals surface area contributed by atoms with E-state index in [9.17, 15) is 9.59 Å². The second-order valence-corrected chi connectivity index (χ2v) is 4.58. The fourth-order valence-electron chi connectivity index (χ4n) is 1.32. The lowest BCUT2D eigenvalue weighted by atomic mass is 10.2. The van der Waals surface area contributed by atoms with Gasteiger partial charge in [0.1, 0.15) is 5.03 Å². The third-order valence-electron chi connectivity index (χ3n) is 2.20. The number of carbonyl (C=O) groups excluding carboxylic acids is 2. The van der Waals surface area contributed by atoms with Crippen LogP contribution in [0, 0.1) is 0 Å². The lowest BCUT2D eigenvalue weighted by molar-refractivity contribution is -0.113. The summed E-state index contributed by atoms with van der Waals surface area (Å²) in [5, 5.41) is 13.3. The number of carbonyl (C=O) groups is 2. The number of H-pyrrole nitrogens is 1. The number of aromatic amines is 1. The van der Waals surface area contributed by atoms with Gasteiger partial charge in [-0.05, 0) is 24.3 Å². The minimum Gasteiger partial charge on any atom is -0.366 e. The van der Waals surface area contributed by atoms with E-state index in [1.165, 1.54) is 11.8 Å². The number of hydrogen-bond acceptors (Lipinski definition) is 5. The Kier molecular flexibility index (Phi) is 4.14. The lowest BCUT2D eigenvalue weighted by Gasteiger charge is -2.04. The van der Waals surface area contributed by atoms with Crippen molar-refractivity contribution < 1.29 is 9.59 Å². The predicted octanol–water partition coefficient (Wildman–Crippen LogP) is 0.634. The van der Waals surface area contributed by atoms with Crippen molar-refractivity contribution in [1.82, 2.24) is 15.4 Å². The second kappa shape index (κ2) is 6.01. The van der Waals surface area contributed by atoms with E-state index in [0.717, 1.165) is 0 Å². The summed E-state index contributed by atoms with van der Waals surface area (Å²) in [6.07, 6.45) is 1.54. The number of nitrogens with zero attached hydrogens (tertiary/aromatic N) is 2. The van der Waals surface area contributed by atoms with Crippen LogP contribution in [0.4, 0.5) is 5.69 Å². The van der Waals surface area contributed by atoms with Crippen molar-refractivity contribution >= 4 is 29.3 Å². The highest BCUT2D eigenvalue weighted by Gasteiger charge is 2.06. The Balaban J connectivity index is 1.86. The second-order valence-electron chi connectivity index (χ2n) is 3.59. The van der Waals surface area contributed by atoms with Gasteiger partial charge in [-0.2, -0.15) is 10.3 Å². The number of nitrogens with one attached hydrogen (secondary N) is 2. The first kappa shape index (κ1) is 13.1. The van der Waals surface area contributed by atoms with Crippen LogP contribution in [0.1, 0.15) is 10.4 Å². The third kappa shape index (κ3) is 3.81. The molecule has 1 heterocycles. The van der Waals surface area contributed by atoms with Crippen LogP contribution in [-0.2, 0) is 4.79 Å². The fraction of sp³-hybridized carbons (Fsp3) is 0.0909. The molecule has 8 heteroatoms. The number of nitrogens with two attached hydrogens (primary N) is 1. The Bertz CT molecular complexity index is 567. The standard InChI is InChI=1S/C11H11N5O2S/c12-11(18)7-1-3-8(4-2-7)14-9(17)6-19-10-5-13-16-15-10/h1-5H,6H2,(H2,12,18)(H,14,17)(H,13,15,16). The van der Waals surface area contributed by atoms with Gasteiger partial charge in [0.25, 0.3) is 0 Å². The van der Waals surface area contributed by atoms with Crippen LogP contribution < -0.4 is 11.1 Å². The Labute approximate surface area is 113 Å². The maximum atomic E-state index is 11.6. The van der Waals surface area contributed by atoms with E-state index in [1.807, 2.05) is 0 Å². The number of primary amides is 1. The molecule has 98 valence electrons. The Morgan fingerprint density at radius 1 is 1.32 bits per heavy atom. The SMILES string of the molecule is NC(=O)c1ccc(NC(=O)CSc2cn[nH]n2)cc1. The highest BCUT2D eigenvalue weighted by atomic mass is 32.2. The molecule has 0 aliphatic carbocycles. The third-order valence-corrected chi connectivity index (χ3v) is 3.10. The molecule has 0 atom stereocenters. The van der Waals surface area contributed by atoms with Crippen LogP contribution in [0.3, 0.4) is 0 Å². The molecule has 4 N–H and O–H groups in total. The van der Waals surface area contributed by atoms with Crippen molar-refractivity contribution in [2.45, 2.75) is 5.03 Å². The number of benzene rings is 1. The average Bonchev–Trinajstić information content (AvgIpc) is 2.90. The van der Waals surface area contributed by atoms with E-state index >= 15 is 0 Å². The van der Waals surface area contributed by atoms with Crippen molar-refractivity contribution in [2.24, 2.45) is 5.73 Å². The molecule has 0 unspecified atom stereocenters. The van der Waals surface area contributed by atoms with E-state index in [2.05, 4.69) is 20.7 Å². The molecule has 0 bridgehead atoms. The quantitative estimate of drug-likeness (QED) is 0.694. The summed E-state index contributed by atoms with van der Waals surface area (Å²) in [5.41, 5.74) is 6.13. The highest BCUT2D eigenvalue weighted by molar-refractivity contribution is 7.99. The van der Waals surface area contributed by atoms with Crippen LogP contribution in [0.25, 0.3) is 0 Å². The minimum atomic E-state index is -0.500. The molecule has 2 aromatic rings. The molecule has 0 saturated carbocycles. The van der Waals surface area contributed by atoms with E-state index in [0.29, 0.717) is 16.3 Å². The number of rotatable bonds is 5. The van der Waals surface area contributed by atoms with Gasteiger partial charge >= 0.3 is 0 Å². The summed E-state index contributed by atoms with van der Waals surface area (Å²) >= 11 is 1.27.